The number of hydrogen-bond donors (Lipinski definition) is 0. The molecule has 4 nitrogen and oxygen atoms in total. The number of anilines is 1. The van der Waals surface area contributed by atoms with E-state index in [0.717, 1.165) is 37.6 Å². The molecule has 0 amide bonds. The minimum Gasteiger partial charge on any atom is -0.496 e. The SMILES string of the molecule is COc1cc(N2CCOCC2)ccc1/C=C(/C#N)c1ccc(Cl)cc1Cl. The van der Waals surface area contributed by atoms with Gasteiger partial charge in [-0.05, 0) is 30.3 Å². The normalized spacial score (nSPS) is 14.8. The number of nitriles is 1. The number of nitrogens with zero attached hydrogens (tertiary/aromatic N) is 2. The first kappa shape index (κ1) is 18.6. The van der Waals surface area contributed by atoms with Crippen molar-refractivity contribution in [1.29, 1.82) is 5.26 Å². The van der Waals surface area contributed by atoms with Gasteiger partial charge >= 0.3 is 0 Å². The molecule has 1 fully saturated rings. The Hall–Kier alpha value is -2.19. The van der Waals surface area contributed by atoms with E-state index in [-0.39, 0.29) is 0 Å². The molecule has 2 aromatic rings. The maximum Gasteiger partial charge on any atom is 0.128 e. The second-order valence-electron chi connectivity index (χ2n) is 5.82. The van der Waals surface area contributed by atoms with Gasteiger partial charge in [-0.2, -0.15) is 5.26 Å². The number of ether oxygens (including phenoxy) is 2. The molecule has 0 bridgehead atoms. The molecule has 0 aromatic heterocycles. The molecule has 2 aromatic carbocycles. The van der Waals surface area contributed by atoms with Crippen molar-refractivity contribution in [2.75, 3.05) is 38.3 Å². The molecule has 1 heterocycles. The van der Waals surface area contributed by atoms with Crippen molar-refractivity contribution in [3.8, 4) is 11.8 Å². The molecule has 0 N–H and O–H groups in total. The van der Waals surface area contributed by atoms with E-state index < -0.39 is 0 Å². The van der Waals surface area contributed by atoms with Crippen molar-refractivity contribution >= 4 is 40.5 Å². The van der Waals surface area contributed by atoms with Crippen LogP contribution in [0, 0.1) is 11.3 Å². The summed E-state index contributed by atoms with van der Waals surface area (Å²) in [6.07, 6.45) is 1.77. The van der Waals surface area contributed by atoms with Gasteiger partial charge < -0.3 is 14.4 Å². The van der Waals surface area contributed by atoms with Crippen LogP contribution in [0.5, 0.6) is 5.75 Å². The average molecular weight is 389 g/mol. The minimum atomic E-state index is 0.439. The van der Waals surface area contributed by atoms with Crippen molar-refractivity contribution in [1.82, 2.24) is 0 Å². The fourth-order valence-corrected chi connectivity index (χ4v) is 3.38. The van der Waals surface area contributed by atoms with Gasteiger partial charge in [-0.15, -0.1) is 0 Å². The van der Waals surface area contributed by atoms with Crippen LogP contribution in [0.2, 0.25) is 10.0 Å². The van der Waals surface area contributed by atoms with Crippen LogP contribution in [-0.4, -0.2) is 33.4 Å². The highest BCUT2D eigenvalue weighted by Crippen LogP contribution is 2.32. The highest BCUT2D eigenvalue weighted by molar-refractivity contribution is 6.36. The minimum absolute atomic E-state index is 0.439. The molecule has 0 radical (unpaired) electrons. The van der Waals surface area contributed by atoms with Crippen LogP contribution in [0.3, 0.4) is 0 Å². The predicted molar refractivity (Wildman–Crippen MR) is 106 cm³/mol. The van der Waals surface area contributed by atoms with Gasteiger partial charge in [0.1, 0.15) is 5.75 Å². The van der Waals surface area contributed by atoms with E-state index in [2.05, 4.69) is 11.0 Å². The fraction of sp³-hybridized carbons (Fsp3) is 0.250. The van der Waals surface area contributed by atoms with Crippen molar-refractivity contribution in [3.05, 3.63) is 57.6 Å². The number of benzene rings is 2. The molecule has 1 aliphatic rings. The number of morpholine rings is 1. The van der Waals surface area contributed by atoms with Gasteiger partial charge in [0.05, 0.1) is 37.0 Å². The summed E-state index contributed by atoms with van der Waals surface area (Å²) < 4.78 is 10.9. The summed E-state index contributed by atoms with van der Waals surface area (Å²) in [6, 6.07) is 13.3. The third-order valence-electron chi connectivity index (χ3n) is 4.23. The number of hydrogen-bond acceptors (Lipinski definition) is 4. The van der Waals surface area contributed by atoms with Crippen molar-refractivity contribution < 1.29 is 9.47 Å². The van der Waals surface area contributed by atoms with Gasteiger partial charge in [-0.3, -0.25) is 0 Å². The summed E-state index contributed by atoms with van der Waals surface area (Å²) >= 11 is 12.2. The second-order valence-corrected chi connectivity index (χ2v) is 6.66. The third-order valence-corrected chi connectivity index (χ3v) is 4.78. The molecule has 134 valence electrons. The first-order chi connectivity index (χ1) is 12.6. The summed E-state index contributed by atoms with van der Waals surface area (Å²) in [6.45, 7) is 3.14. The van der Waals surface area contributed by atoms with Crippen molar-refractivity contribution in [3.63, 3.8) is 0 Å². The molecule has 0 atom stereocenters. The molecule has 1 aliphatic heterocycles. The Bertz CT molecular complexity index is 869. The van der Waals surface area contributed by atoms with Gasteiger partial charge in [0.25, 0.3) is 0 Å². The Morgan fingerprint density at radius 2 is 1.96 bits per heavy atom. The zero-order valence-corrected chi connectivity index (χ0v) is 15.8. The lowest BCUT2D eigenvalue weighted by molar-refractivity contribution is 0.122. The predicted octanol–water partition coefficient (Wildman–Crippen LogP) is 4.90. The van der Waals surface area contributed by atoms with Crippen LogP contribution in [0.15, 0.2) is 36.4 Å². The van der Waals surface area contributed by atoms with Gasteiger partial charge in [-0.1, -0.05) is 29.3 Å². The maximum absolute atomic E-state index is 9.58. The molecule has 0 aliphatic carbocycles. The molecule has 0 spiro atoms. The van der Waals surface area contributed by atoms with Crippen LogP contribution < -0.4 is 9.64 Å². The summed E-state index contributed by atoms with van der Waals surface area (Å²) in [5.41, 5.74) is 2.97. The molecule has 6 heteroatoms. The van der Waals surface area contributed by atoms with Crippen LogP contribution in [0.25, 0.3) is 11.6 Å². The van der Waals surface area contributed by atoms with Gasteiger partial charge in [0.2, 0.25) is 0 Å². The average Bonchev–Trinajstić information content (AvgIpc) is 2.67. The Balaban J connectivity index is 1.96. The lowest BCUT2D eigenvalue weighted by Crippen LogP contribution is -2.36. The molecular weight excluding hydrogens is 371 g/mol. The summed E-state index contributed by atoms with van der Waals surface area (Å²) in [4.78, 5) is 2.25. The molecule has 3 rings (SSSR count). The Morgan fingerprint density at radius 3 is 2.62 bits per heavy atom. The Kier molecular flexibility index (Phi) is 6.05. The first-order valence-electron chi connectivity index (χ1n) is 8.20. The fourth-order valence-electron chi connectivity index (χ4n) is 2.87. The first-order valence-corrected chi connectivity index (χ1v) is 8.96. The molecule has 0 saturated carbocycles. The number of methoxy groups -OCH3 is 1. The Labute approximate surface area is 163 Å². The third kappa shape index (κ3) is 4.13. The highest BCUT2D eigenvalue weighted by Gasteiger charge is 2.14. The summed E-state index contributed by atoms with van der Waals surface area (Å²) in [5.74, 6) is 0.701. The van der Waals surface area contributed by atoms with Crippen molar-refractivity contribution in [2.24, 2.45) is 0 Å². The number of rotatable bonds is 4. The van der Waals surface area contributed by atoms with E-state index in [1.807, 2.05) is 18.2 Å². The lowest BCUT2D eigenvalue weighted by atomic mass is 10.0. The topological polar surface area (TPSA) is 45.5 Å². The molecule has 1 saturated heterocycles. The van der Waals surface area contributed by atoms with E-state index in [1.165, 1.54) is 0 Å². The molecular formula is C20H18Cl2N2O2. The van der Waals surface area contributed by atoms with Crippen LogP contribution in [0.4, 0.5) is 5.69 Å². The highest BCUT2D eigenvalue weighted by atomic mass is 35.5. The quantitative estimate of drug-likeness (QED) is 0.551. The van der Waals surface area contributed by atoms with Gasteiger partial charge in [0.15, 0.2) is 0 Å². The van der Waals surface area contributed by atoms with Crippen LogP contribution in [-0.2, 0) is 4.74 Å². The van der Waals surface area contributed by atoms with Gasteiger partial charge in [0, 0.05) is 41.0 Å². The Morgan fingerprint density at radius 1 is 1.19 bits per heavy atom. The van der Waals surface area contributed by atoms with Crippen molar-refractivity contribution in [2.45, 2.75) is 0 Å². The smallest absolute Gasteiger partial charge is 0.128 e. The summed E-state index contributed by atoms with van der Waals surface area (Å²) in [5, 5.41) is 10.6. The largest absolute Gasteiger partial charge is 0.496 e. The molecule has 0 unspecified atom stereocenters. The van der Waals surface area contributed by atoms with Crippen LogP contribution in [0.1, 0.15) is 11.1 Å². The maximum atomic E-state index is 9.58. The van der Waals surface area contributed by atoms with Crippen LogP contribution >= 0.6 is 23.2 Å². The zero-order valence-electron chi connectivity index (χ0n) is 14.3. The monoisotopic (exact) mass is 388 g/mol. The zero-order chi connectivity index (χ0) is 18.5. The number of allylic oxidation sites excluding steroid dienone is 1. The van der Waals surface area contributed by atoms with E-state index >= 15 is 0 Å². The van der Waals surface area contributed by atoms with E-state index in [9.17, 15) is 5.26 Å². The molecule has 26 heavy (non-hydrogen) atoms. The lowest BCUT2D eigenvalue weighted by Gasteiger charge is -2.29. The van der Waals surface area contributed by atoms with E-state index in [0.29, 0.717) is 26.9 Å². The van der Waals surface area contributed by atoms with Gasteiger partial charge in [-0.25, -0.2) is 0 Å². The second kappa shape index (κ2) is 8.46. The summed E-state index contributed by atoms with van der Waals surface area (Å²) in [7, 11) is 1.62. The van der Waals surface area contributed by atoms with E-state index in [1.54, 1.807) is 31.4 Å². The standard InChI is InChI=1S/C20H18Cl2N2O2/c1-25-20-12-17(24-6-8-26-9-7-24)4-2-14(20)10-15(13-23)18-5-3-16(21)11-19(18)22/h2-5,10-12H,6-9H2,1H3/b15-10-. The van der Waals surface area contributed by atoms with E-state index in [4.69, 9.17) is 32.7 Å². The number of halogens is 2.